The van der Waals surface area contributed by atoms with Crippen LogP contribution in [0.15, 0.2) is 71.9 Å². The van der Waals surface area contributed by atoms with Gasteiger partial charge in [-0.15, -0.1) is 11.6 Å². The number of benzene rings is 2. The monoisotopic (exact) mass is 439 g/mol. The van der Waals surface area contributed by atoms with E-state index in [0.717, 1.165) is 20.8 Å². The quantitative estimate of drug-likeness (QED) is 0.335. The Hall–Kier alpha value is -3.03. The van der Waals surface area contributed by atoms with Crippen molar-refractivity contribution in [3.63, 3.8) is 0 Å². The number of alkyl halides is 1. The zero-order chi connectivity index (χ0) is 21.3. The minimum atomic E-state index is -3.90. The van der Waals surface area contributed by atoms with Crippen LogP contribution in [0.2, 0.25) is 0 Å². The van der Waals surface area contributed by atoms with E-state index in [2.05, 4.69) is 10.2 Å². The highest BCUT2D eigenvalue weighted by Crippen LogP contribution is 2.28. The van der Waals surface area contributed by atoms with Gasteiger partial charge in [0, 0.05) is 29.8 Å². The number of aromatic nitrogens is 3. The first-order chi connectivity index (χ1) is 14.4. The van der Waals surface area contributed by atoms with E-state index in [1.165, 1.54) is 6.20 Å². The Kier molecular flexibility index (Phi) is 5.40. The Morgan fingerprint density at radius 2 is 1.87 bits per heavy atom. The normalized spacial score (nSPS) is 11.7. The van der Waals surface area contributed by atoms with Crippen LogP contribution in [0.5, 0.6) is 0 Å². The average Bonchev–Trinajstić information content (AvgIpc) is 3.14. The van der Waals surface area contributed by atoms with Gasteiger partial charge >= 0.3 is 0 Å². The van der Waals surface area contributed by atoms with Crippen LogP contribution >= 0.6 is 11.6 Å². The van der Waals surface area contributed by atoms with Crippen LogP contribution in [0, 0.1) is 6.92 Å². The van der Waals surface area contributed by atoms with E-state index in [1.54, 1.807) is 48.7 Å². The molecule has 0 amide bonds. The number of carbonyl (C=O) groups excluding carboxylic acids is 1. The molecule has 0 spiro atoms. The van der Waals surface area contributed by atoms with Crippen molar-refractivity contribution in [3.8, 4) is 0 Å². The molecule has 2 heterocycles. The number of carbonyl (C=O) groups is 1. The summed E-state index contributed by atoms with van der Waals surface area (Å²) in [6, 6.07) is 15.6. The summed E-state index contributed by atoms with van der Waals surface area (Å²) in [5, 5.41) is 8.50. The Labute approximate surface area is 179 Å². The minimum Gasteiger partial charge on any atom is -0.293 e. The molecule has 8 heteroatoms. The molecule has 0 unspecified atom stereocenters. The number of rotatable bonds is 6. The summed E-state index contributed by atoms with van der Waals surface area (Å²) in [5.41, 5.74) is 3.27. The summed E-state index contributed by atoms with van der Waals surface area (Å²) in [7, 11) is -3.90. The third-order valence-electron chi connectivity index (χ3n) is 4.85. The molecule has 0 bridgehead atoms. The van der Waals surface area contributed by atoms with Crippen molar-refractivity contribution >= 4 is 38.3 Å². The van der Waals surface area contributed by atoms with E-state index < -0.39 is 10.0 Å². The van der Waals surface area contributed by atoms with Crippen LogP contribution in [0.3, 0.4) is 0 Å². The van der Waals surface area contributed by atoms with Crippen LogP contribution in [0.25, 0.3) is 10.9 Å². The number of ketones is 1. The van der Waals surface area contributed by atoms with Gasteiger partial charge in [-0.25, -0.2) is 12.4 Å². The first-order valence-electron chi connectivity index (χ1n) is 9.22. The molecule has 2 aromatic carbocycles. The fourth-order valence-corrected chi connectivity index (χ4v) is 4.81. The molecule has 0 saturated heterocycles. The lowest BCUT2D eigenvalue weighted by Crippen LogP contribution is -2.12. The van der Waals surface area contributed by atoms with Gasteiger partial charge in [-0.3, -0.25) is 4.79 Å². The molecule has 0 N–H and O–H groups in total. The second-order valence-electron chi connectivity index (χ2n) is 6.96. The molecule has 0 fully saturated rings. The third kappa shape index (κ3) is 3.74. The van der Waals surface area contributed by atoms with Crippen molar-refractivity contribution in [1.29, 1.82) is 0 Å². The SMILES string of the molecule is Cc1ccc(S(=O)(=O)n2cc(C(=O)CCl)c3ccc(Cc4cccnn4)cc32)cc1. The zero-order valence-corrected chi connectivity index (χ0v) is 17.7. The molecule has 6 nitrogen and oxygen atoms in total. The lowest BCUT2D eigenvalue weighted by molar-refractivity contribution is 0.102. The van der Waals surface area contributed by atoms with E-state index >= 15 is 0 Å². The number of fused-ring (bicyclic) bond motifs is 1. The highest BCUT2D eigenvalue weighted by atomic mass is 35.5. The molecule has 0 atom stereocenters. The Bertz CT molecular complexity index is 1330. The third-order valence-corrected chi connectivity index (χ3v) is 6.78. The fraction of sp³-hybridized carbons (Fsp3) is 0.136. The lowest BCUT2D eigenvalue weighted by Gasteiger charge is -2.09. The molecule has 0 aliphatic carbocycles. The van der Waals surface area contributed by atoms with Gasteiger partial charge in [0.1, 0.15) is 0 Å². The van der Waals surface area contributed by atoms with Crippen LogP contribution in [0.4, 0.5) is 0 Å². The molecule has 0 radical (unpaired) electrons. The second kappa shape index (κ2) is 8.01. The number of hydrogen-bond acceptors (Lipinski definition) is 5. The van der Waals surface area contributed by atoms with Crippen LogP contribution in [0.1, 0.15) is 27.2 Å². The van der Waals surface area contributed by atoms with Gasteiger partial charge in [-0.2, -0.15) is 10.2 Å². The maximum absolute atomic E-state index is 13.3. The van der Waals surface area contributed by atoms with E-state index in [1.807, 2.05) is 19.1 Å². The fourth-order valence-electron chi connectivity index (χ4n) is 3.31. The molecule has 0 aliphatic heterocycles. The van der Waals surface area contributed by atoms with Gasteiger partial charge in [0.25, 0.3) is 10.0 Å². The molecule has 0 aliphatic rings. The van der Waals surface area contributed by atoms with E-state index in [0.29, 0.717) is 17.3 Å². The molecule has 30 heavy (non-hydrogen) atoms. The van der Waals surface area contributed by atoms with E-state index in [9.17, 15) is 13.2 Å². The number of nitrogens with zero attached hydrogens (tertiary/aromatic N) is 3. The van der Waals surface area contributed by atoms with Crippen molar-refractivity contribution in [2.45, 2.75) is 18.2 Å². The predicted molar refractivity (Wildman–Crippen MR) is 116 cm³/mol. The summed E-state index contributed by atoms with van der Waals surface area (Å²) >= 11 is 5.76. The Morgan fingerprint density at radius 3 is 2.53 bits per heavy atom. The number of halogens is 1. The predicted octanol–water partition coefficient (Wildman–Crippen LogP) is 3.99. The van der Waals surface area contributed by atoms with Crippen LogP contribution in [-0.4, -0.2) is 34.3 Å². The smallest absolute Gasteiger partial charge is 0.268 e. The maximum Gasteiger partial charge on any atom is 0.268 e. The van der Waals surface area contributed by atoms with Crippen molar-refractivity contribution in [3.05, 3.63) is 89.4 Å². The van der Waals surface area contributed by atoms with E-state index in [-0.39, 0.29) is 22.1 Å². The minimum absolute atomic E-state index is 0.147. The van der Waals surface area contributed by atoms with Gasteiger partial charge in [0.05, 0.1) is 22.0 Å². The van der Waals surface area contributed by atoms with Crippen molar-refractivity contribution < 1.29 is 13.2 Å². The van der Waals surface area contributed by atoms with Gasteiger partial charge in [0.15, 0.2) is 5.78 Å². The van der Waals surface area contributed by atoms with Crippen LogP contribution in [-0.2, 0) is 16.4 Å². The molecule has 2 aromatic heterocycles. The van der Waals surface area contributed by atoms with Crippen molar-refractivity contribution in [2.24, 2.45) is 0 Å². The maximum atomic E-state index is 13.3. The summed E-state index contributed by atoms with van der Waals surface area (Å²) in [5.74, 6) is -0.563. The molecule has 0 saturated carbocycles. The first-order valence-corrected chi connectivity index (χ1v) is 11.2. The molecule has 4 aromatic rings. The summed E-state index contributed by atoms with van der Waals surface area (Å²) in [6.45, 7) is 1.89. The van der Waals surface area contributed by atoms with Gasteiger partial charge < -0.3 is 0 Å². The van der Waals surface area contributed by atoms with E-state index in [4.69, 9.17) is 11.6 Å². The van der Waals surface area contributed by atoms with Gasteiger partial charge in [-0.05, 0) is 42.8 Å². The Balaban J connectivity index is 1.89. The lowest BCUT2D eigenvalue weighted by atomic mass is 10.0. The number of aryl methyl sites for hydroxylation is 1. The molecular weight excluding hydrogens is 422 g/mol. The summed E-state index contributed by atoms with van der Waals surface area (Å²) in [6.07, 6.45) is 3.44. The zero-order valence-electron chi connectivity index (χ0n) is 16.1. The molecule has 4 rings (SSSR count). The second-order valence-corrected chi connectivity index (χ2v) is 9.04. The number of hydrogen-bond donors (Lipinski definition) is 0. The van der Waals surface area contributed by atoms with Crippen molar-refractivity contribution in [2.75, 3.05) is 5.88 Å². The standard InChI is InChI=1S/C22H18ClN3O3S/c1-15-4-7-18(8-5-15)30(28,29)26-14-20(22(27)13-23)19-9-6-16(12-21(19)26)11-17-3-2-10-24-25-17/h2-10,12,14H,11,13H2,1H3. The highest BCUT2D eigenvalue weighted by molar-refractivity contribution is 7.90. The van der Waals surface area contributed by atoms with Crippen molar-refractivity contribution in [1.82, 2.24) is 14.2 Å². The largest absolute Gasteiger partial charge is 0.293 e. The summed E-state index contributed by atoms with van der Waals surface area (Å²) in [4.78, 5) is 12.5. The van der Waals surface area contributed by atoms with Crippen LogP contribution < -0.4 is 0 Å². The highest BCUT2D eigenvalue weighted by Gasteiger charge is 2.23. The Morgan fingerprint density at radius 1 is 1.10 bits per heavy atom. The average molecular weight is 440 g/mol. The van der Waals surface area contributed by atoms with Gasteiger partial charge in [0.2, 0.25) is 0 Å². The molecular formula is C22H18ClN3O3S. The first kappa shape index (κ1) is 20.3. The van der Waals surface area contributed by atoms with Gasteiger partial charge in [-0.1, -0.05) is 29.8 Å². The topological polar surface area (TPSA) is 81.9 Å². The molecule has 152 valence electrons. The number of Topliss-reactive ketones (excluding diaryl/α,β-unsaturated/α-hetero) is 1. The summed E-state index contributed by atoms with van der Waals surface area (Å²) < 4.78 is 27.9.